The van der Waals surface area contributed by atoms with Crippen molar-refractivity contribution in [1.82, 2.24) is 9.97 Å². The molecule has 0 amide bonds. The third kappa shape index (κ3) is 3.00. The lowest BCUT2D eigenvalue weighted by Gasteiger charge is -2.02. The molecule has 1 N–H and O–H groups in total. The van der Waals surface area contributed by atoms with Crippen LogP contribution in [0, 0.1) is 6.92 Å². The molecule has 0 saturated heterocycles. The second kappa shape index (κ2) is 4.72. The minimum atomic E-state index is 0.757. The van der Waals surface area contributed by atoms with Gasteiger partial charge in [-0.25, -0.2) is 4.98 Å². The predicted molar refractivity (Wildman–Crippen MR) is 66.1 cm³/mol. The Morgan fingerprint density at radius 1 is 1.47 bits per heavy atom. The van der Waals surface area contributed by atoms with Gasteiger partial charge >= 0.3 is 0 Å². The second-order valence-corrected chi connectivity index (χ2v) is 4.81. The summed E-state index contributed by atoms with van der Waals surface area (Å²) >= 11 is 4.90. The third-order valence-corrected chi connectivity index (χ3v) is 3.40. The Labute approximate surface area is 101 Å². The molecular formula is C10H10BrN3S. The number of halogens is 1. The monoisotopic (exact) mass is 283 g/mol. The van der Waals surface area contributed by atoms with Crippen molar-refractivity contribution in [2.24, 2.45) is 0 Å². The molecule has 0 saturated carbocycles. The zero-order valence-electron chi connectivity index (χ0n) is 8.20. The minimum Gasteiger partial charge on any atom is -0.357 e. The van der Waals surface area contributed by atoms with Crippen LogP contribution in [0.4, 0.5) is 5.13 Å². The van der Waals surface area contributed by atoms with Gasteiger partial charge in [0, 0.05) is 23.8 Å². The van der Waals surface area contributed by atoms with E-state index in [1.54, 1.807) is 11.3 Å². The second-order valence-electron chi connectivity index (χ2n) is 3.14. The molecule has 0 aliphatic carbocycles. The van der Waals surface area contributed by atoms with E-state index in [-0.39, 0.29) is 0 Å². The van der Waals surface area contributed by atoms with Crippen molar-refractivity contribution >= 4 is 32.4 Å². The van der Waals surface area contributed by atoms with Crippen LogP contribution in [0.5, 0.6) is 0 Å². The Balaban J connectivity index is 1.96. The van der Waals surface area contributed by atoms with E-state index < -0.39 is 0 Å². The van der Waals surface area contributed by atoms with E-state index in [0.717, 1.165) is 27.5 Å². The molecule has 78 valence electrons. The molecule has 0 bridgehead atoms. The van der Waals surface area contributed by atoms with Crippen LogP contribution in [0.2, 0.25) is 0 Å². The number of hydrogen-bond acceptors (Lipinski definition) is 4. The average molecular weight is 284 g/mol. The van der Waals surface area contributed by atoms with E-state index in [4.69, 9.17) is 0 Å². The van der Waals surface area contributed by atoms with Gasteiger partial charge in [0.15, 0.2) is 5.13 Å². The lowest BCUT2D eigenvalue weighted by Crippen LogP contribution is -1.99. The van der Waals surface area contributed by atoms with Gasteiger partial charge in [-0.05, 0) is 34.5 Å². The maximum absolute atomic E-state index is 4.25. The van der Waals surface area contributed by atoms with E-state index >= 15 is 0 Å². The summed E-state index contributed by atoms with van der Waals surface area (Å²) in [4.78, 5) is 8.48. The number of nitrogens with one attached hydrogen (secondary N) is 1. The van der Waals surface area contributed by atoms with Crippen LogP contribution in [0.15, 0.2) is 28.3 Å². The molecule has 0 aromatic carbocycles. The highest BCUT2D eigenvalue weighted by atomic mass is 79.9. The number of aromatic nitrogens is 2. The molecular weight excluding hydrogens is 274 g/mol. The van der Waals surface area contributed by atoms with E-state index in [1.165, 1.54) is 0 Å². The SMILES string of the molecule is Cc1ccc(CNc2nc(Br)cs2)cn1. The van der Waals surface area contributed by atoms with Crippen molar-refractivity contribution in [3.05, 3.63) is 39.6 Å². The third-order valence-electron chi connectivity index (χ3n) is 1.89. The predicted octanol–water partition coefficient (Wildman–Crippen LogP) is 3.22. The molecule has 5 heteroatoms. The van der Waals surface area contributed by atoms with Gasteiger partial charge in [0.2, 0.25) is 0 Å². The lowest BCUT2D eigenvalue weighted by molar-refractivity contribution is 1.08. The molecule has 0 fully saturated rings. The standard InChI is InChI=1S/C10H10BrN3S/c1-7-2-3-8(4-12-7)5-13-10-14-9(11)6-15-10/h2-4,6H,5H2,1H3,(H,13,14). The number of hydrogen-bond donors (Lipinski definition) is 1. The quantitative estimate of drug-likeness (QED) is 0.940. The highest BCUT2D eigenvalue weighted by Gasteiger charge is 1.98. The molecule has 0 atom stereocenters. The van der Waals surface area contributed by atoms with Crippen molar-refractivity contribution in [2.45, 2.75) is 13.5 Å². The van der Waals surface area contributed by atoms with Gasteiger partial charge in [-0.1, -0.05) is 6.07 Å². The summed E-state index contributed by atoms with van der Waals surface area (Å²) in [6.07, 6.45) is 1.88. The van der Waals surface area contributed by atoms with Gasteiger partial charge in [-0.15, -0.1) is 11.3 Å². The Hall–Kier alpha value is -0.940. The van der Waals surface area contributed by atoms with Gasteiger partial charge in [0.25, 0.3) is 0 Å². The van der Waals surface area contributed by atoms with Crippen LogP contribution in [0.3, 0.4) is 0 Å². The summed E-state index contributed by atoms with van der Waals surface area (Å²) in [6.45, 7) is 2.74. The molecule has 0 unspecified atom stereocenters. The van der Waals surface area contributed by atoms with Crippen molar-refractivity contribution in [3.63, 3.8) is 0 Å². The maximum atomic E-state index is 4.25. The smallest absolute Gasteiger partial charge is 0.184 e. The minimum absolute atomic E-state index is 0.757. The van der Waals surface area contributed by atoms with Gasteiger partial charge in [-0.3, -0.25) is 4.98 Å². The summed E-state index contributed by atoms with van der Waals surface area (Å²) < 4.78 is 0.872. The van der Waals surface area contributed by atoms with Crippen molar-refractivity contribution in [2.75, 3.05) is 5.32 Å². The first-order valence-electron chi connectivity index (χ1n) is 4.50. The lowest BCUT2D eigenvalue weighted by atomic mass is 10.2. The highest BCUT2D eigenvalue weighted by molar-refractivity contribution is 9.10. The summed E-state index contributed by atoms with van der Waals surface area (Å²) in [7, 11) is 0. The molecule has 15 heavy (non-hydrogen) atoms. The van der Waals surface area contributed by atoms with Crippen molar-refractivity contribution in [1.29, 1.82) is 0 Å². The number of anilines is 1. The number of aryl methyl sites for hydroxylation is 1. The topological polar surface area (TPSA) is 37.8 Å². The van der Waals surface area contributed by atoms with Crippen LogP contribution in [0.1, 0.15) is 11.3 Å². The van der Waals surface area contributed by atoms with Gasteiger partial charge in [0.1, 0.15) is 4.60 Å². The van der Waals surface area contributed by atoms with Crippen LogP contribution in [0.25, 0.3) is 0 Å². The first kappa shape index (κ1) is 10.6. The number of rotatable bonds is 3. The van der Waals surface area contributed by atoms with E-state index in [2.05, 4.69) is 37.3 Å². The Kier molecular flexibility index (Phi) is 3.33. The Morgan fingerprint density at radius 3 is 2.93 bits per heavy atom. The highest BCUT2D eigenvalue weighted by Crippen LogP contribution is 2.19. The van der Waals surface area contributed by atoms with Crippen LogP contribution < -0.4 is 5.32 Å². The van der Waals surface area contributed by atoms with Gasteiger partial charge in [0.05, 0.1) is 0 Å². The number of pyridine rings is 1. The fourth-order valence-electron chi connectivity index (χ4n) is 1.12. The van der Waals surface area contributed by atoms with E-state index in [1.807, 2.05) is 24.6 Å². The summed E-state index contributed by atoms with van der Waals surface area (Å²) in [5.74, 6) is 0. The fraction of sp³-hybridized carbons (Fsp3) is 0.200. The van der Waals surface area contributed by atoms with Crippen molar-refractivity contribution < 1.29 is 0 Å². The number of thiazole rings is 1. The molecule has 0 aliphatic rings. The Bertz CT molecular complexity index is 438. The molecule has 2 heterocycles. The zero-order valence-corrected chi connectivity index (χ0v) is 10.6. The summed E-state index contributed by atoms with van der Waals surface area (Å²) in [5.41, 5.74) is 2.20. The zero-order chi connectivity index (χ0) is 10.7. The van der Waals surface area contributed by atoms with Crippen LogP contribution in [-0.2, 0) is 6.54 Å². The fourth-order valence-corrected chi connectivity index (χ4v) is 2.26. The molecule has 2 rings (SSSR count). The normalized spacial score (nSPS) is 10.3. The molecule has 0 spiro atoms. The average Bonchev–Trinajstić information content (AvgIpc) is 2.64. The first-order chi connectivity index (χ1) is 7.24. The van der Waals surface area contributed by atoms with E-state index in [0.29, 0.717) is 0 Å². The molecule has 2 aromatic heterocycles. The number of nitrogens with zero attached hydrogens (tertiary/aromatic N) is 2. The first-order valence-corrected chi connectivity index (χ1v) is 6.18. The van der Waals surface area contributed by atoms with Crippen molar-refractivity contribution in [3.8, 4) is 0 Å². The Morgan fingerprint density at radius 2 is 2.33 bits per heavy atom. The van der Waals surface area contributed by atoms with E-state index in [9.17, 15) is 0 Å². The van der Waals surface area contributed by atoms with Crippen LogP contribution >= 0.6 is 27.3 Å². The van der Waals surface area contributed by atoms with Gasteiger partial charge in [-0.2, -0.15) is 0 Å². The maximum Gasteiger partial charge on any atom is 0.184 e. The van der Waals surface area contributed by atoms with Gasteiger partial charge < -0.3 is 5.32 Å². The molecule has 0 aliphatic heterocycles. The summed E-state index contributed by atoms with van der Waals surface area (Å²) in [6, 6.07) is 4.08. The van der Waals surface area contributed by atoms with Crippen LogP contribution in [-0.4, -0.2) is 9.97 Å². The molecule has 3 nitrogen and oxygen atoms in total. The molecule has 2 aromatic rings. The molecule has 0 radical (unpaired) electrons. The largest absolute Gasteiger partial charge is 0.357 e. The summed E-state index contributed by atoms with van der Waals surface area (Å²) in [5, 5.41) is 6.11.